The van der Waals surface area contributed by atoms with Gasteiger partial charge in [0.25, 0.3) is 0 Å². The van der Waals surface area contributed by atoms with Crippen LogP contribution in [0.4, 0.5) is 4.39 Å². The Morgan fingerprint density at radius 3 is 2.90 bits per heavy atom. The van der Waals surface area contributed by atoms with Crippen LogP contribution in [-0.4, -0.2) is 31.6 Å². The molecular weight excluding hydrogens is 361 g/mol. The third-order valence-corrected chi connectivity index (χ3v) is 4.10. The van der Waals surface area contributed by atoms with Gasteiger partial charge in [-0.3, -0.25) is 4.79 Å². The molecule has 0 unspecified atom stereocenters. The summed E-state index contributed by atoms with van der Waals surface area (Å²) >= 11 is 4.38. The van der Waals surface area contributed by atoms with E-state index in [1.54, 1.807) is 16.7 Å². The number of aliphatic carboxylic acids is 1. The number of rotatable bonds is 6. The van der Waals surface area contributed by atoms with Crippen LogP contribution >= 0.6 is 27.7 Å². The van der Waals surface area contributed by atoms with Gasteiger partial charge in [-0.25, -0.2) is 4.39 Å². The molecule has 1 aromatic heterocycles. The minimum Gasteiger partial charge on any atom is -0.481 e. The first kappa shape index (κ1) is 16.0. The number of halogens is 2. The average Bonchev–Trinajstić information content (AvgIpc) is 2.82. The molecule has 0 amide bonds. The SMILES string of the molecule is CCCn1c(SCC(=O)O)nnc1-c1cc(Br)ccc1F. The summed E-state index contributed by atoms with van der Waals surface area (Å²) in [4.78, 5) is 10.7. The summed E-state index contributed by atoms with van der Waals surface area (Å²) in [6, 6.07) is 4.60. The molecule has 2 rings (SSSR count). The minimum atomic E-state index is -0.929. The van der Waals surface area contributed by atoms with Crippen LogP contribution in [0.1, 0.15) is 13.3 Å². The Hall–Kier alpha value is -1.41. The number of aromatic nitrogens is 3. The maximum atomic E-state index is 14.0. The zero-order chi connectivity index (χ0) is 15.4. The smallest absolute Gasteiger partial charge is 0.313 e. The van der Waals surface area contributed by atoms with Crippen LogP contribution in [0, 0.1) is 5.82 Å². The maximum absolute atomic E-state index is 14.0. The maximum Gasteiger partial charge on any atom is 0.313 e. The average molecular weight is 374 g/mol. The molecule has 0 bridgehead atoms. The van der Waals surface area contributed by atoms with Crippen molar-refractivity contribution in [2.75, 3.05) is 5.75 Å². The lowest BCUT2D eigenvalue weighted by molar-refractivity contribution is -0.133. The van der Waals surface area contributed by atoms with Gasteiger partial charge in [-0.05, 0) is 24.6 Å². The van der Waals surface area contributed by atoms with Crippen LogP contribution in [0.3, 0.4) is 0 Å². The molecule has 2 aromatic rings. The van der Waals surface area contributed by atoms with Gasteiger partial charge in [0.05, 0.1) is 11.3 Å². The number of nitrogens with zero attached hydrogens (tertiary/aromatic N) is 3. The summed E-state index contributed by atoms with van der Waals surface area (Å²) in [5, 5.41) is 17.2. The Kier molecular flexibility index (Phi) is 5.35. The summed E-state index contributed by atoms with van der Waals surface area (Å²) in [7, 11) is 0. The highest BCUT2D eigenvalue weighted by Gasteiger charge is 2.17. The first-order chi connectivity index (χ1) is 10.0. The van der Waals surface area contributed by atoms with E-state index in [1.165, 1.54) is 6.07 Å². The fraction of sp³-hybridized carbons (Fsp3) is 0.308. The molecule has 0 saturated heterocycles. The van der Waals surface area contributed by atoms with Gasteiger partial charge in [0.15, 0.2) is 11.0 Å². The van der Waals surface area contributed by atoms with Crippen LogP contribution < -0.4 is 0 Å². The van der Waals surface area contributed by atoms with Gasteiger partial charge in [-0.15, -0.1) is 10.2 Å². The van der Waals surface area contributed by atoms with Crippen molar-refractivity contribution in [3.63, 3.8) is 0 Å². The van der Waals surface area contributed by atoms with Gasteiger partial charge >= 0.3 is 5.97 Å². The highest BCUT2D eigenvalue weighted by Crippen LogP contribution is 2.28. The predicted molar refractivity (Wildman–Crippen MR) is 81.8 cm³/mol. The lowest BCUT2D eigenvalue weighted by Gasteiger charge is -2.09. The van der Waals surface area contributed by atoms with Crippen molar-refractivity contribution in [3.05, 3.63) is 28.5 Å². The monoisotopic (exact) mass is 373 g/mol. The van der Waals surface area contributed by atoms with E-state index in [9.17, 15) is 9.18 Å². The zero-order valence-electron chi connectivity index (χ0n) is 11.2. The molecular formula is C13H13BrFN3O2S. The van der Waals surface area contributed by atoms with Crippen LogP contribution in [0.5, 0.6) is 0 Å². The van der Waals surface area contributed by atoms with Crippen molar-refractivity contribution in [3.8, 4) is 11.4 Å². The molecule has 112 valence electrons. The molecule has 5 nitrogen and oxygen atoms in total. The van der Waals surface area contributed by atoms with Crippen molar-refractivity contribution in [1.29, 1.82) is 0 Å². The van der Waals surface area contributed by atoms with Gasteiger partial charge in [-0.1, -0.05) is 34.6 Å². The van der Waals surface area contributed by atoms with Gasteiger partial charge in [-0.2, -0.15) is 0 Å². The number of benzene rings is 1. The quantitative estimate of drug-likeness (QED) is 0.785. The normalized spacial score (nSPS) is 10.8. The largest absolute Gasteiger partial charge is 0.481 e. The third-order valence-electron chi connectivity index (χ3n) is 2.66. The second-order valence-electron chi connectivity index (χ2n) is 4.26. The van der Waals surface area contributed by atoms with E-state index in [4.69, 9.17) is 5.11 Å². The van der Waals surface area contributed by atoms with Crippen LogP contribution in [0.25, 0.3) is 11.4 Å². The van der Waals surface area contributed by atoms with Crippen molar-refractivity contribution in [2.24, 2.45) is 0 Å². The standard InChI is InChI=1S/C13H13BrFN3O2S/c1-2-5-18-12(9-6-8(14)3-4-10(9)15)16-17-13(18)21-7-11(19)20/h3-4,6H,2,5,7H2,1H3,(H,19,20). The van der Waals surface area contributed by atoms with Crippen molar-refractivity contribution >= 4 is 33.7 Å². The number of hydrogen-bond acceptors (Lipinski definition) is 4. The Balaban J connectivity index is 2.43. The van der Waals surface area contributed by atoms with Gasteiger partial charge in [0.1, 0.15) is 5.82 Å². The summed E-state index contributed by atoms with van der Waals surface area (Å²) in [5.41, 5.74) is 0.340. The molecule has 0 radical (unpaired) electrons. The number of carboxylic acids is 1. The first-order valence-corrected chi connectivity index (χ1v) is 8.04. The Bertz CT molecular complexity index is 663. The second-order valence-corrected chi connectivity index (χ2v) is 6.12. The molecule has 0 saturated carbocycles. The van der Waals surface area contributed by atoms with Gasteiger partial charge in [0.2, 0.25) is 0 Å². The molecule has 0 fully saturated rings. The number of carboxylic acid groups (broad SMARTS) is 1. The molecule has 0 atom stereocenters. The van der Waals surface area contributed by atoms with E-state index in [-0.39, 0.29) is 5.75 Å². The zero-order valence-corrected chi connectivity index (χ0v) is 13.6. The Labute approximate surface area is 133 Å². The van der Waals surface area contributed by atoms with E-state index in [0.29, 0.717) is 23.1 Å². The van der Waals surface area contributed by atoms with Crippen LogP contribution in [0.2, 0.25) is 0 Å². The molecule has 0 aliphatic carbocycles. The lowest BCUT2D eigenvalue weighted by atomic mass is 10.2. The van der Waals surface area contributed by atoms with Crippen LogP contribution in [-0.2, 0) is 11.3 Å². The van der Waals surface area contributed by atoms with E-state index in [1.807, 2.05) is 6.92 Å². The van der Waals surface area contributed by atoms with Crippen LogP contribution in [0.15, 0.2) is 27.8 Å². The highest BCUT2D eigenvalue weighted by atomic mass is 79.9. The van der Waals surface area contributed by atoms with Crippen molar-refractivity contribution < 1.29 is 14.3 Å². The topological polar surface area (TPSA) is 68.0 Å². The molecule has 1 heterocycles. The molecule has 0 spiro atoms. The van der Waals surface area contributed by atoms with E-state index < -0.39 is 11.8 Å². The molecule has 21 heavy (non-hydrogen) atoms. The first-order valence-electron chi connectivity index (χ1n) is 6.26. The second kappa shape index (κ2) is 7.04. The Morgan fingerprint density at radius 1 is 1.48 bits per heavy atom. The summed E-state index contributed by atoms with van der Waals surface area (Å²) in [5.74, 6) is -1.02. The molecule has 0 aliphatic heterocycles. The fourth-order valence-electron chi connectivity index (χ4n) is 1.82. The third kappa shape index (κ3) is 3.82. The van der Waals surface area contributed by atoms with Crippen molar-refractivity contribution in [2.45, 2.75) is 25.0 Å². The summed E-state index contributed by atoms with van der Waals surface area (Å²) in [6.45, 7) is 2.57. The summed E-state index contributed by atoms with van der Waals surface area (Å²) < 4.78 is 16.5. The molecule has 0 aliphatic rings. The number of carbonyl (C=O) groups is 1. The van der Waals surface area contributed by atoms with Gasteiger partial charge in [0, 0.05) is 11.0 Å². The lowest BCUT2D eigenvalue weighted by Crippen LogP contribution is -2.05. The Morgan fingerprint density at radius 2 is 2.24 bits per heavy atom. The van der Waals surface area contributed by atoms with E-state index >= 15 is 0 Å². The van der Waals surface area contributed by atoms with E-state index in [0.717, 1.165) is 22.7 Å². The number of thioether (sulfide) groups is 1. The van der Waals surface area contributed by atoms with Crippen molar-refractivity contribution in [1.82, 2.24) is 14.8 Å². The molecule has 1 aromatic carbocycles. The molecule has 1 N–H and O–H groups in total. The number of hydrogen-bond donors (Lipinski definition) is 1. The fourth-order valence-corrected chi connectivity index (χ4v) is 2.86. The summed E-state index contributed by atoms with van der Waals surface area (Å²) in [6.07, 6.45) is 0.807. The molecule has 8 heteroatoms. The van der Waals surface area contributed by atoms with Gasteiger partial charge < -0.3 is 9.67 Å². The highest BCUT2D eigenvalue weighted by molar-refractivity contribution is 9.10. The van der Waals surface area contributed by atoms with E-state index in [2.05, 4.69) is 26.1 Å². The predicted octanol–water partition coefficient (Wildman–Crippen LogP) is 3.43. The minimum absolute atomic E-state index is 0.108.